The van der Waals surface area contributed by atoms with E-state index in [1.807, 2.05) is 12.1 Å². The fourth-order valence-corrected chi connectivity index (χ4v) is 3.20. The van der Waals surface area contributed by atoms with Crippen molar-refractivity contribution < 1.29 is 23.8 Å². The smallest absolute Gasteiger partial charge is 0.307 e. The first kappa shape index (κ1) is 21.8. The van der Waals surface area contributed by atoms with Crippen molar-refractivity contribution in [3.63, 3.8) is 0 Å². The van der Waals surface area contributed by atoms with Gasteiger partial charge < -0.3 is 19.1 Å². The number of esters is 1. The summed E-state index contributed by atoms with van der Waals surface area (Å²) in [4.78, 5) is 26.2. The summed E-state index contributed by atoms with van der Waals surface area (Å²) >= 11 is 0. The van der Waals surface area contributed by atoms with Crippen LogP contribution in [0.25, 0.3) is 0 Å². The molecule has 1 aromatic rings. The van der Waals surface area contributed by atoms with Gasteiger partial charge in [-0.15, -0.1) is 0 Å². The number of benzene rings is 1. The zero-order valence-corrected chi connectivity index (χ0v) is 16.9. The van der Waals surface area contributed by atoms with Crippen LogP contribution in [0.4, 0.5) is 0 Å². The molecular weight excluding hydrogens is 358 g/mol. The number of carbonyl (C=O) groups excluding carboxylic acids is 2. The quantitative estimate of drug-likeness (QED) is 0.426. The predicted octanol–water partition coefficient (Wildman–Crippen LogP) is 3.75. The minimum absolute atomic E-state index is 0.0950. The van der Waals surface area contributed by atoms with Crippen molar-refractivity contribution >= 4 is 11.9 Å². The Kier molecular flexibility index (Phi) is 9.39. The zero-order valence-electron chi connectivity index (χ0n) is 16.9. The zero-order chi connectivity index (χ0) is 20.2. The van der Waals surface area contributed by atoms with E-state index in [1.54, 1.807) is 31.1 Å². The number of nitrogens with zero attached hydrogens (tertiary/aromatic N) is 1. The predicted molar refractivity (Wildman–Crippen MR) is 107 cm³/mol. The van der Waals surface area contributed by atoms with Crippen LogP contribution >= 0.6 is 0 Å². The number of rotatable bonds is 11. The second-order valence-electron chi connectivity index (χ2n) is 6.73. The average Bonchev–Trinajstić information content (AvgIpc) is 2.73. The summed E-state index contributed by atoms with van der Waals surface area (Å²) in [5.74, 6) is 0.675. The maximum atomic E-state index is 12.7. The molecular formula is C22H31NO5. The summed E-state index contributed by atoms with van der Waals surface area (Å²) in [7, 11) is 1.56. The van der Waals surface area contributed by atoms with Crippen LogP contribution in [0.15, 0.2) is 35.9 Å². The lowest BCUT2D eigenvalue weighted by atomic mass is 9.97. The Bertz CT molecular complexity index is 671. The highest BCUT2D eigenvalue weighted by Crippen LogP contribution is 2.26. The second kappa shape index (κ2) is 12.1. The minimum Gasteiger partial charge on any atom is -0.493 e. The summed E-state index contributed by atoms with van der Waals surface area (Å²) in [6.45, 7) is 2.94. The van der Waals surface area contributed by atoms with Crippen molar-refractivity contribution in [1.82, 2.24) is 4.90 Å². The van der Waals surface area contributed by atoms with Gasteiger partial charge in [-0.05, 0) is 51.2 Å². The molecule has 0 N–H and O–H groups in total. The van der Waals surface area contributed by atoms with Crippen LogP contribution in [0, 0.1) is 0 Å². The molecule has 1 aliphatic rings. The van der Waals surface area contributed by atoms with Crippen molar-refractivity contribution in [3.8, 4) is 11.5 Å². The highest BCUT2D eigenvalue weighted by molar-refractivity contribution is 5.78. The topological polar surface area (TPSA) is 65.1 Å². The molecule has 1 aromatic carbocycles. The molecule has 0 aromatic heterocycles. The fourth-order valence-electron chi connectivity index (χ4n) is 3.20. The number of amides is 1. The molecule has 0 radical (unpaired) electrons. The Hall–Kier alpha value is -2.50. The lowest BCUT2D eigenvalue weighted by molar-refractivity contribution is -0.144. The molecule has 0 atom stereocenters. The highest BCUT2D eigenvalue weighted by Gasteiger charge is 2.18. The van der Waals surface area contributed by atoms with Crippen LogP contribution in [0.5, 0.6) is 11.5 Å². The summed E-state index contributed by atoms with van der Waals surface area (Å²) < 4.78 is 15.9. The SMILES string of the molecule is CCOC(=O)CCN(CCC1=CCCCC1)C(=O)COc1ccccc1OC. The Balaban J connectivity index is 1.94. The molecule has 0 aliphatic heterocycles. The lowest BCUT2D eigenvalue weighted by Gasteiger charge is -2.24. The minimum atomic E-state index is -0.289. The molecule has 0 spiro atoms. The van der Waals surface area contributed by atoms with E-state index in [-0.39, 0.29) is 24.9 Å². The molecule has 0 saturated carbocycles. The van der Waals surface area contributed by atoms with Crippen LogP contribution in [0.2, 0.25) is 0 Å². The number of ether oxygens (including phenoxy) is 3. The molecule has 0 heterocycles. The van der Waals surface area contributed by atoms with Gasteiger partial charge in [0, 0.05) is 13.1 Å². The standard InChI is InChI=1S/C22H31NO5/c1-3-27-22(25)14-16-23(15-13-18-9-5-4-6-10-18)21(24)17-28-20-12-8-7-11-19(20)26-2/h7-9,11-12H,3-6,10,13-17H2,1-2H3. The molecule has 1 amide bonds. The van der Waals surface area contributed by atoms with E-state index < -0.39 is 0 Å². The van der Waals surface area contributed by atoms with Crippen molar-refractivity contribution in [1.29, 1.82) is 0 Å². The van der Waals surface area contributed by atoms with Crippen LogP contribution in [0.3, 0.4) is 0 Å². The summed E-state index contributed by atoms with van der Waals surface area (Å²) in [5, 5.41) is 0. The van der Waals surface area contributed by atoms with Crippen LogP contribution < -0.4 is 9.47 Å². The largest absolute Gasteiger partial charge is 0.493 e. The molecule has 0 fully saturated rings. The van der Waals surface area contributed by atoms with Crippen molar-refractivity contribution in [3.05, 3.63) is 35.9 Å². The molecule has 0 bridgehead atoms. The number of hydrogen-bond donors (Lipinski definition) is 0. The van der Waals surface area contributed by atoms with E-state index in [9.17, 15) is 9.59 Å². The second-order valence-corrected chi connectivity index (χ2v) is 6.73. The number of hydrogen-bond acceptors (Lipinski definition) is 5. The monoisotopic (exact) mass is 389 g/mol. The van der Waals surface area contributed by atoms with Crippen molar-refractivity contribution in [2.75, 3.05) is 33.4 Å². The third-order valence-corrected chi connectivity index (χ3v) is 4.75. The third-order valence-electron chi connectivity index (χ3n) is 4.75. The number of carbonyl (C=O) groups is 2. The normalized spacial score (nSPS) is 13.4. The number of para-hydroxylation sites is 2. The molecule has 2 rings (SSSR count). The van der Waals surface area contributed by atoms with Gasteiger partial charge in [-0.25, -0.2) is 0 Å². The molecule has 154 valence electrons. The van der Waals surface area contributed by atoms with E-state index in [2.05, 4.69) is 6.08 Å². The first-order chi connectivity index (χ1) is 13.6. The first-order valence-corrected chi connectivity index (χ1v) is 10.0. The van der Waals surface area contributed by atoms with Crippen molar-refractivity contribution in [2.24, 2.45) is 0 Å². The molecule has 6 heteroatoms. The van der Waals surface area contributed by atoms with E-state index in [0.29, 0.717) is 31.2 Å². The van der Waals surface area contributed by atoms with E-state index in [4.69, 9.17) is 14.2 Å². The maximum absolute atomic E-state index is 12.7. The van der Waals surface area contributed by atoms with Gasteiger partial charge in [-0.2, -0.15) is 0 Å². The van der Waals surface area contributed by atoms with Crippen LogP contribution in [-0.2, 0) is 14.3 Å². The fraction of sp³-hybridized carbons (Fsp3) is 0.545. The Morgan fingerprint density at radius 3 is 2.57 bits per heavy atom. The number of methoxy groups -OCH3 is 1. The summed E-state index contributed by atoms with van der Waals surface area (Å²) in [6, 6.07) is 7.23. The van der Waals surface area contributed by atoms with Gasteiger partial charge in [0.15, 0.2) is 18.1 Å². The van der Waals surface area contributed by atoms with Gasteiger partial charge in [0.2, 0.25) is 0 Å². The first-order valence-electron chi connectivity index (χ1n) is 10.0. The van der Waals surface area contributed by atoms with Gasteiger partial charge in [0.25, 0.3) is 5.91 Å². The molecule has 0 saturated heterocycles. The van der Waals surface area contributed by atoms with Crippen molar-refractivity contribution in [2.45, 2.75) is 45.4 Å². The van der Waals surface area contributed by atoms with Gasteiger partial charge in [-0.3, -0.25) is 9.59 Å². The average molecular weight is 389 g/mol. The van der Waals surface area contributed by atoms with Gasteiger partial charge in [0.1, 0.15) is 0 Å². The molecule has 0 unspecified atom stereocenters. The van der Waals surface area contributed by atoms with E-state index in [0.717, 1.165) is 19.3 Å². The third kappa shape index (κ3) is 7.25. The molecule has 1 aliphatic carbocycles. The molecule has 28 heavy (non-hydrogen) atoms. The Morgan fingerprint density at radius 1 is 1.11 bits per heavy atom. The van der Waals surface area contributed by atoms with Crippen LogP contribution in [0.1, 0.15) is 45.4 Å². The maximum Gasteiger partial charge on any atom is 0.307 e. The summed E-state index contributed by atoms with van der Waals surface area (Å²) in [5.41, 5.74) is 1.39. The number of allylic oxidation sites excluding steroid dienone is 1. The Morgan fingerprint density at radius 2 is 1.89 bits per heavy atom. The highest BCUT2D eigenvalue weighted by atomic mass is 16.5. The van der Waals surface area contributed by atoms with Gasteiger partial charge in [0.05, 0.1) is 20.1 Å². The Labute approximate surface area is 167 Å². The van der Waals surface area contributed by atoms with Gasteiger partial charge >= 0.3 is 5.97 Å². The molecule has 6 nitrogen and oxygen atoms in total. The van der Waals surface area contributed by atoms with E-state index >= 15 is 0 Å². The van der Waals surface area contributed by atoms with E-state index in [1.165, 1.54) is 18.4 Å². The van der Waals surface area contributed by atoms with Gasteiger partial charge in [-0.1, -0.05) is 23.8 Å². The summed E-state index contributed by atoms with van der Waals surface area (Å²) in [6.07, 6.45) is 7.96. The lowest BCUT2D eigenvalue weighted by Crippen LogP contribution is -2.37. The van der Waals surface area contributed by atoms with Crippen LogP contribution in [-0.4, -0.2) is 50.2 Å².